The molecule has 0 amide bonds. The average molecular weight is 294 g/mol. The predicted octanol–water partition coefficient (Wildman–Crippen LogP) is 1.85. The van der Waals surface area contributed by atoms with Gasteiger partial charge in [0.1, 0.15) is 22.4 Å². The summed E-state index contributed by atoms with van der Waals surface area (Å²) in [6, 6.07) is 5.82. The number of hydrogen-bond donors (Lipinski definition) is 1. The first-order valence-electron chi connectivity index (χ1n) is 5.05. The van der Waals surface area contributed by atoms with E-state index in [1.54, 1.807) is 6.20 Å². The summed E-state index contributed by atoms with van der Waals surface area (Å²) in [5.74, 6) is 1.19. The van der Waals surface area contributed by atoms with E-state index >= 15 is 0 Å². The number of halogens is 1. The lowest BCUT2D eigenvalue weighted by Crippen LogP contribution is -2.19. The zero-order valence-electron chi connectivity index (χ0n) is 9.34. The van der Waals surface area contributed by atoms with Gasteiger partial charge in [-0.1, -0.05) is 6.07 Å². The zero-order chi connectivity index (χ0) is 12.3. The molecule has 88 valence electrons. The second-order valence-corrected chi connectivity index (χ2v) is 4.37. The Morgan fingerprint density at radius 2 is 2.12 bits per heavy atom. The third kappa shape index (κ3) is 2.71. The second kappa shape index (κ2) is 5.09. The third-order valence-corrected chi connectivity index (χ3v) is 3.05. The van der Waals surface area contributed by atoms with E-state index in [-0.39, 0.29) is 0 Å². The van der Waals surface area contributed by atoms with Crippen LogP contribution in [0.4, 0.5) is 11.6 Å². The van der Waals surface area contributed by atoms with Crippen LogP contribution in [0.25, 0.3) is 0 Å². The second-order valence-electron chi connectivity index (χ2n) is 3.57. The number of nitrogens with two attached hydrogens (primary N) is 1. The molecule has 2 heterocycles. The van der Waals surface area contributed by atoms with E-state index in [0.29, 0.717) is 16.8 Å². The van der Waals surface area contributed by atoms with Crippen LogP contribution in [0.5, 0.6) is 0 Å². The Balaban J connectivity index is 2.20. The summed E-state index contributed by atoms with van der Waals surface area (Å²) in [4.78, 5) is 14.3. The zero-order valence-corrected chi connectivity index (χ0v) is 10.9. The van der Waals surface area contributed by atoms with Gasteiger partial charge in [-0.15, -0.1) is 0 Å². The third-order valence-electron chi connectivity index (χ3n) is 2.28. The van der Waals surface area contributed by atoms with Gasteiger partial charge in [0.25, 0.3) is 0 Å². The van der Waals surface area contributed by atoms with E-state index in [2.05, 4.69) is 30.9 Å². The van der Waals surface area contributed by atoms with Crippen molar-refractivity contribution in [3.8, 4) is 0 Å². The minimum Gasteiger partial charge on any atom is -0.383 e. The molecule has 0 aliphatic carbocycles. The molecule has 0 aliphatic heterocycles. The lowest BCUT2D eigenvalue weighted by atomic mass is 10.3. The Morgan fingerprint density at radius 1 is 1.29 bits per heavy atom. The maximum absolute atomic E-state index is 5.71. The summed E-state index contributed by atoms with van der Waals surface area (Å²) in [5.41, 5.74) is 6.68. The molecule has 0 aliphatic rings. The first kappa shape index (κ1) is 11.8. The molecule has 2 rings (SSSR count). The van der Waals surface area contributed by atoms with Gasteiger partial charge in [-0.25, -0.2) is 9.97 Å². The largest absolute Gasteiger partial charge is 0.383 e. The highest BCUT2D eigenvalue weighted by atomic mass is 79.9. The van der Waals surface area contributed by atoms with E-state index in [4.69, 9.17) is 5.73 Å². The molecule has 0 saturated carbocycles. The molecule has 5 nitrogen and oxygen atoms in total. The molecular weight excluding hydrogens is 282 g/mol. The molecule has 0 aromatic carbocycles. The van der Waals surface area contributed by atoms with Crippen LogP contribution in [-0.4, -0.2) is 22.0 Å². The van der Waals surface area contributed by atoms with Crippen molar-refractivity contribution >= 4 is 27.6 Å². The van der Waals surface area contributed by atoms with E-state index < -0.39 is 0 Å². The highest BCUT2D eigenvalue weighted by Gasteiger charge is 2.11. The first-order valence-corrected chi connectivity index (χ1v) is 5.85. The lowest BCUT2D eigenvalue weighted by Gasteiger charge is -2.19. The Morgan fingerprint density at radius 3 is 2.82 bits per heavy atom. The molecule has 0 spiro atoms. The summed E-state index contributed by atoms with van der Waals surface area (Å²) in [5, 5.41) is 0. The SMILES string of the molecule is CN(Cc1ccccn1)c1ncnc(N)c1Br. The minimum atomic E-state index is 0.433. The van der Waals surface area contributed by atoms with Crippen LogP contribution in [0.15, 0.2) is 35.2 Å². The molecule has 0 radical (unpaired) electrons. The summed E-state index contributed by atoms with van der Waals surface area (Å²) in [6.45, 7) is 0.663. The minimum absolute atomic E-state index is 0.433. The lowest BCUT2D eigenvalue weighted by molar-refractivity contribution is 0.858. The molecular formula is C11H12BrN5. The van der Waals surface area contributed by atoms with Gasteiger partial charge in [0.2, 0.25) is 0 Å². The number of anilines is 2. The number of rotatable bonds is 3. The Hall–Kier alpha value is -1.69. The average Bonchev–Trinajstić information content (AvgIpc) is 2.34. The van der Waals surface area contributed by atoms with Crippen molar-refractivity contribution in [3.05, 3.63) is 40.9 Å². The highest BCUT2D eigenvalue weighted by molar-refractivity contribution is 9.10. The molecule has 0 atom stereocenters. The Bertz CT molecular complexity index is 502. The van der Waals surface area contributed by atoms with E-state index in [1.165, 1.54) is 6.33 Å². The van der Waals surface area contributed by atoms with Crippen molar-refractivity contribution in [2.45, 2.75) is 6.54 Å². The number of pyridine rings is 1. The molecule has 0 saturated heterocycles. The smallest absolute Gasteiger partial charge is 0.148 e. The van der Waals surface area contributed by atoms with Crippen LogP contribution >= 0.6 is 15.9 Å². The fourth-order valence-corrected chi connectivity index (χ4v) is 1.96. The normalized spacial score (nSPS) is 10.2. The van der Waals surface area contributed by atoms with E-state index in [1.807, 2.05) is 30.1 Å². The molecule has 0 fully saturated rings. The summed E-state index contributed by atoms with van der Waals surface area (Å²) < 4.78 is 0.707. The van der Waals surface area contributed by atoms with Gasteiger partial charge in [0.15, 0.2) is 0 Å². The molecule has 6 heteroatoms. The molecule has 0 unspecified atom stereocenters. The molecule has 17 heavy (non-hydrogen) atoms. The van der Waals surface area contributed by atoms with Crippen LogP contribution in [0.2, 0.25) is 0 Å². The first-order chi connectivity index (χ1) is 8.18. The number of hydrogen-bond acceptors (Lipinski definition) is 5. The fourth-order valence-electron chi connectivity index (χ4n) is 1.45. The van der Waals surface area contributed by atoms with Gasteiger partial charge in [-0.3, -0.25) is 4.98 Å². The Labute approximate surface area is 108 Å². The van der Waals surface area contributed by atoms with Crippen LogP contribution in [-0.2, 0) is 6.54 Å². The predicted molar refractivity (Wildman–Crippen MR) is 70.5 cm³/mol. The van der Waals surface area contributed by atoms with Crippen molar-refractivity contribution in [2.75, 3.05) is 17.7 Å². The van der Waals surface area contributed by atoms with Gasteiger partial charge < -0.3 is 10.6 Å². The topological polar surface area (TPSA) is 67.9 Å². The highest BCUT2D eigenvalue weighted by Crippen LogP contribution is 2.27. The van der Waals surface area contributed by atoms with Crippen LogP contribution in [0.3, 0.4) is 0 Å². The van der Waals surface area contributed by atoms with Crippen molar-refractivity contribution in [1.29, 1.82) is 0 Å². The molecule has 2 aromatic rings. The summed E-state index contributed by atoms with van der Waals surface area (Å²) in [6.07, 6.45) is 3.22. The number of aromatic nitrogens is 3. The standard InChI is InChI=1S/C11H12BrN5/c1-17(6-8-4-2-3-5-14-8)11-9(12)10(13)15-7-16-11/h2-5,7H,6H2,1H3,(H2,13,15,16). The van der Waals surface area contributed by atoms with Crippen LogP contribution in [0, 0.1) is 0 Å². The van der Waals surface area contributed by atoms with Crippen molar-refractivity contribution in [2.24, 2.45) is 0 Å². The van der Waals surface area contributed by atoms with Crippen LogP contribution < -0.4 is 10.6 Å². The van der Waals surface area contributed by atoms with E-state index in [0.717, 1.165) is 11.5 Å². The summed E-state index contributed by atoms with van der Waals surface area (Å²) in [7, 11) is 1.93. The maximum Gasteiger partial charge on any atom is 0.148 e. The fraction of sp³-hybridized carbons (Fsp3) is 0.182. The van der Waals surface area contributed by atoms with Gasteiger partial charge in [-0.2, -0.15) is 0 Å². The monoisotopic (exact) mass is 293 g/mol. The van der Waals surface area contributed by atoms with Gasteiger partial charge in [-0.05, 0) is 28.1 Å². The number of nitrogens with zero attached hydrogens (tertiary/aromatic N) is 4. The summed E-state index contributed by atoms with van der Waals surface area (Å²) >= 11 is 3.38. The van der Waals surface area contributed by atoms with Crippen LogP contribution in [0.1, 0.15) is 5.69 Å². The molecule has 0 bridgehead atoms. The van der Waals surface area contributed by atoms with Crippen molar-refractivity contribution in [1.82, 2.24) is 15.0 Å². The molecule has 2 aromatic heterocycles. The van der Waals surface area contributed by atoms with E-state index in [9.17, 15) is 0 Å². The van der Waals surface area contributed by atoms with Gasteiger partial charge in [0.05, 0.1) is 12.2 Å². The Kier molecular flexibility index (Phi) is 3.53. The van der Waals surface area contributed by atoms with Gasteiger partial charge >= 0.3 is 0 Å². The van der Waals surface area contributed by atoms with Gasteiger partial charge in [0, 0.05) is 13.2 Å². The molecule has 2 N–H and O–H groups in total. The number of nitrogen functional groups attached to an aromatic ring is 1. The maximum atomic E-state index is 5.71. The van der Waals surface area contributed by atoms with Crippen molar-refractivity contribution in [3.63, 3.8) is 0 Å². The van der Waals surface area contributed by atoms with Crippen molar-refractivity contribution < 1.29 is 0 Å². The quantitative estimate of drug-likeness (QED) is 0.935.